The molecule has 1 atom stereocenters. The van der Waals surface area contributed by atoms with Crippen LogP contribution in [0.5, 0.6) is 17.2 Å². The number of carbonyl (C=O) groups is 1. The van der Waals surface area contributed by atoms with Crippen LogP contribution in [-0.2, 0) is 4.74 Å². The number of anilines is 2. The number of rotatable bonds is 9. The fraction of sp³-hybridized carbons (Fsp3) is 0.233. The number of carbonyl (C=O) groups excluding carboxylic acids is 1. The first-order valence-corrected chi connectivity index (χ1v) is 13.1. The number of benzene rings is 3. The first kappa shape index (κ1) is 28.7. The maximum absolute atomic E-state index is 14.8. The highest BCUT2D eigenvalue weighted by molar-refractivity contribution is 5.99. The highest BCUT2D eigenvalue weighted by Gasteiger charge is 2.18. The molecule has 0 saturated carbocycles. The number of hydrogen-bond donors (Lipinski definition) is 3. The number of nitrogens with one attached hydrogen (secondary N) is 2. The Morgan fingerprint density at radius 2 is 1.86 bits per heavy atom. The smallest absolute Gasteiger partial charge is 0.323 e. The van der Waals surface area contributed by atoms with E-state index in [0.29, 0.717) is 42.1 Å². The van der Waals surface area contributed by atoms with Crippen molar-refractivity contribution >= 4 is 34.0 Å². The molecule has 0 aliphatic carbocycles. The lowest BCUT2D eigenvalue weighted by molar-refractivity contribution is 0.00474. The van der Waals surface area contributed by atoms with Gasteiger partial charge in [-0.15, -0.1) is 0 Å². The molecule has 0 radical (unpaired) electrons. The van der Waals surface area contributed by atoms with E-state index in [1.165, 1.54) is 42.6 Å². The summed E-state index contributed by atoms with van der Waals surface area (Å²) in [6.45, 7) is 10.8. The summed E-state index contributed by atoms with van der Waals surface area (Å²) in [5, 5.41) is 15.8. The SMILES string of the molecule is [C-]#[N+]c1cc2c(Oc3ccc(NC(=O)Nc4ccc(F)cc4)c(F)c3)ccnc2cc1OCC(O)CN1CCOCC1. The summed E-state index contributed by atoms with van der Waals surface area (Å²) < 4.78 is 44.9. The molecule has 1 unspecified atom stereocenters. The number of pyridine rings is 1. The molecule has 42 heavy (non-hydrogen) atoms. The average molecular weight is 576 g/mol. The molecule has 2 heterocycles. The van der Waals surface area contributed by atoms with Gasteiger partial charge in [-0.25, -0.2) is 18.4 Å². The summed E-state index contributed by atoms with van der Waals surface area (Å²) in [5.74, 6) is -0.422. The standard InChI is InChI=1S/C30H27F2N5O5/c1-33-27-15-23-26(16-29(27)41-18-21(38)17-37-10-12-40-13-11-37)34-9-8-28(23)42-22-6-7-25(24(32)14-22)36-30(39)35-20-4-2-19(31)3-5-20/h2-9,14-16,21,38H,10-13,17-18H2,(H2,35,36,39). The monoisotopic (exact) mass is 575 g/mol. The van der Waals surface area contributed by atoms with E-state index >= 15 is 0 Å². The summed E-state index contributed by atoms with van der Waals surface area (Å²) in [6, 6.07) is 13.1. The average Bonchev–Trinajstić information content (AvgIpc) is 2.99. The molecule has 5 rings (SSSR count). The Labute approximate surface area is 240 Å². The number of β-amino-alcohol motifs (C(OH)–C–C–N with tert-alkyl or cyclic N) is 1. The van der Waals surface area contributed by atoms with E-state index in [1.54, 1.807) is 18.2 Å². The van der Waals surface area contributed by atoms with Gasteiger partial charge in [-0.2, -0.15) is 0 Å². The third-order valence-electron chi connectivity index (χ3n) is 6.43. The summed E-state index contributed by atoms with van der Waals surface area (Å²) in [6.07, 6.45) is 0.763. The number of ether oxygens (including phenoxy) is 3. The zero-order valence-electron chi connectivity index (χ0n) is 22.3. The van der Waals surface area contributed by atoms with Crippen LogP contribution in [0.25, 0.3) is 15.7 Å². The Morgan fingerprint density at radius 3 is 2.60 bits per heavy atom. The van der Waals surface area contributed by atoms with Gasteiger partial charge in [0.1, 0.15) is 41.6 Å². The minimum Gasteiger partial charge on any atom is -0.502 e. The normalized spacial score (nSPS) is 14.1. The Bertz CT molecular complexity index is 1610. The molecule has 10 nitrogen and oxygen atoms in total. The van der Waals surface area contributed by atoms with Crippen molar-refractivity contribution in [1.29, 1.82) is 0 Å². The van der Waals surface area contributed by atoms with Crippen molar-refractivity contribution in [3.05, 3.63) is 89.9 Å². The second kappa shape index (κ2) is 13.2. The molecule has 1 saturated heterocycles. The number of aromatic nitrogens is 1. The van der Waals surface area contributed by atoms with E-state index in [4.69, 9.17) is 20.8 Å². The molecule has 0 bridgehead atoms. The molecule has 1 aliphatic heterocycles. The molecule has 1 fully saturated rings. The molecule has 2 amide bonds. The number of morpholine rings is 1. The summed E-state index contributed by atoms with van der Waals surface area (Å²) in [4.78, 5) is 22.2. The van der Waals surface area contributed by atoms with Gasteiger partial charge in [0.15, 0.2) is 0 Å². The second-order valence-corrected chi connectivity index (χ2v) is 9.47. The predicted octanol–water partition coefficient (Wildman–Crippen LogP) is 5.57. The van der Waals surface area contributed by atoms with Crippen molar-refractivity contribution < 1.29 is 32.9 Å². The number of urea groups is 1. The number of halogens is 2. The van der Waals surface area contributed by atoms with Crippen LogP contribution in [-0.4, -0.2) is 66.6 Å². The Hall–Kier alpha value is -4.83. The van der Waals surface area contributed by atoms with Crippen molar-refractivity contribution in [3.63, 3.8) is 0 Å². The van der Waals surface area contributed by atoms with Crippen LogP contribution < -0.4 is 20.1 Å². The zero-order chi connectivity index (χ0) is 29.5. The van der Waals surface area contributed by atoms with E-state index in [1.807, 2.05) is 0 Å². The van der Waals surface area contributed by atoms with Crippen LogP contribution in [0.2, 0.25) is 0 Å². The Morgan fingerprint density at radius 1 is 1.07 bits per heavy atom. The van der Waals surface area contributed by atoms with Crippen LogP contribution in [0.1, 0.15) is 0 Å². The fourth-order valence-electron chi connectivity index (χ4n) is 4.35. The third-order valence-corrected chi connectivity index (χ3v) is 6.43. The minimum absolute atomic E-state index is 0.00313. The van der Waals surface area contributed by atoms with Crippen molar-refractivity contribution in [3.8, 4) is 17.2 Å². The molecule has 4 aromatic rings. The van der Waals surface area contributed by atoms with Gasteiger partial charge in [0.2, 0.25) is 5.69 Å². The quantitative estimate of drug-likeness (QED) is 0.224. The molecular weight excluding hydrogens is 548 g/mol. The van der Waals surface area contributed by atoms with Gasteiger partial charge in [0.25, 0.3) is 0 Å². The maximum atomic E-state index is 14.8. The van der Waals surface area contributed by atoms with Gasteiger partial charge in [-0.1, -0.05) is 0 Å². The number of amides is 2. The lowest BCUT2D eigenvalue weighted by Crippen LogP contribution is -2.42. The molecule has 3 aromatic carbocycles. The summed E-state index contributed by atoms with van der Waals surface area (Å²) in [5.41, 5.74) is 0.940. The summed E-state index contributed by atoms with van der Waals surface area (Å²) >= 11 is 0. The van der Waals surface area contributed by atoms with Gasteiger partial charge < -0.3 is 30.0 Å². The lowest BCUT2D eigenvalue weighted by Gasteiger charge is -2.28. The van der Waals surface area contributed by atoms with Gasteiger partial charge in [0.05, 0.1) is 31.0 Å². The summed E-state index contributed by atoms with van der Waals surface area (Å²) in [7, 11) is 0. The van der Waals surface area contributed by atoms with Gasteiger partial charge >= 0.3 is 6.03 Å². The maximum Gasteiger partial charge on any atom is 0.323 e. The molecule has 1 aliphatic rings. The molecule has 216 valence electrons. The first-order chi connectivity index (χ1) is 20.4. The van der Waals surface area contributed by atoms with Crippen molar-refractivity contribution in [1.82, 2.24) is 9.88 Å². The van der Waals surface area contributed by atoms with Crippen LogP contribution in [0.3, 0.4) is 0 Å². The van der Waals surface area contributed by atoms with Crippen molar-refractivity contribution in [2.24, 2.45) is 0 Å². The predicted molar refractivity (Wildman–Crippen MR) is 152 cm³/mol. The number of fused-ring (bicyclic) bond motifs is 1. The highest BCUT2D eigenvalue weighted by Crippen LogP contribution is 2.38. The van der Waals surface area contributed by atoms with Crippen molar-refractivity contribution in [2.75, 3.05) is 50.1 Å². The van der Waals surface area contributed by atoms with E-state index in [-0.39, 0.29) is 29.5 Å². The molecule has 12 heteroatoms. The molecule has 0 spiro atoms. The number of nitrogens with zero attached hydrogens (tertiary/aromatic N) is 3. The van der Waals surface area contributed by atoms with E-state index in [2.05, 4.69) is 25.4 Å². The fourth-order valence-corrected chi connectivity index (χ4v) is 4.35. The van der Waals surface area contributed by atoms with E-state index in [0.717, 1.165) is 19.2 Å². The van der Waals surface area contributed by atoms with E-state index < -0.39 is 23.8 Å². The molecule has 3 N–H and O–H groups in total. The van der Waals surface area contributed by atoms with E-state index in [9.17, 15) is 18.7 Å². The van der Waals surface area contributed by atoms with Gasteiger partial charge in [-0.3, -0.25) is 9.88 Å². The van der Waals surface area contributed by atoms with Crippen LogP contribution in [0.4, 0.5) is 30.6 Å². The van der Waals surface area contributed by atoms with Gasteiger partial charge in [-0.05, 0) is 54.6 Å². The Balaban J connectivity index is 1.26. The van der Waals surface area contributed by atoms with Crippen LogP contribution in [0.15, 0.2) is 66.9 Å². The van der Waals surface area contributed by atoms with Crippen molar-refractivity contribution in [2.45, 2.75) is 6.10 Å². The Kier molecular flexibility index (Phi) is 9.03. The van der Waals surface area contributed by atoms with Crippen LogP contribution in [0, 0.1) is 18.2 Å². The lowest BCUT2D eigenvalue weighted by atomic mass is 10.1. The molecule has 1 aromatic heterocycles. The topological polar surface area (TPSA) is 110 Å². The molecular formula is C30H27F2N5O5. The largest absolute Gasteiger partial charge is 0.502 e. The number of aliphatic hydroxyl groups excluding tert-OH is 1. The zero-order valence-corrected chi connectivity index (χ0v) is 22.3. The highest BCUT2D eigenvalue weighted by atomic mass is 19.1. The third kappa shape index (κ3) is 7.27. The minimum atomic E-state index is -0.749. The van der Waals surface area contributed by atoms with Gasteiger partial charge in [0, 0.05) is 43.0 Å². The first-order valence-electron chi connectivity index (χ1n) is 13.1. The second-order valence-electron chi connectivity index (χ2n) is 9.47. The van der Waals surface area contributed by atoms with Crippen LogP contribution >= 0.6 is 0 Å². The number of hydrogen-bond acceptors (Lipinski definition) is 7. The number of aliphatic hydroxyl groups is 1.